The molecule has 4 rings (SSSR count). The van der Waals surface area contributed by atoms with Crippen LogP contribution in [-0.2, 0) is 6.54 Å². The standard InChI is InChI=1S/C23H19NO3S2/c1-2-27-18-11-9-15-6-3-4-7-17(15)21(18)23(26)24-14-16-10-12-20(29-16)22(25)19-8-5-13-28-19/h3-13H,2,14H2,1H3,(H,24,26). The highest BCUT2D eigenvalue weighted by Gasteiger charge is 2.17. The minimum atomic E-state index is -0.190. The molecule has 0 aliphatic rings. The summed E-state index contributed by atoms with van der Waals surface area (Å²) < 4.78 is 5.69. The van der Waals surface area contributed by atoms with E-state index in [1.807, 2.05) is 73.0 Å². The molecule has 0 unspecified atom stereocenters. The van der Waals surface area contributed by atoms with Crippen molar-refractivity contribution >= 4 is 45.1 Å². The molecule has 29 heavy (non-hydrogen) atoms. The minimum absolute atomic E-state index is 0.0234. The summed E-state index contributed by atoms with van der Waals surface area (Å²) in [7, 11) is 0. The molecule has 0 aliphatic heterocycles. The van der Waals surface area contributed by atoms with Gasteiger partial charge in [-0.05, 0) is 47.3 Å². The Hall–Kier alpha value is -2.96. The van der Waals surface area contributed by atoms with Crippen LogP contribution in [0.5, 0.6) is 5.75 Å². The van der Waals surface area contributed by atoms with Crippen molar-refractivity contribution in [2.75, 3.05) is 6.61 Å². The Labute approximate surface area is 176 Å². The van der Waals surface area contributed by atoms with E-state index >= 15 is 0 Å². The van der Waals surface area contributed by atoms with Gasteiger partial charge in [0.25, 0.3) is 5.91 Å². The summed E-state index contributed by atoms with van der Waals surface area (Å²) in [6.45, 7) is 2.74. The third-order valence-corrected chi connectivity index (χ3v) is 6.42. The maximum Gasteiger partial charge on any atom is 0.255 e. The molecular weight excluding hydrogens is 402 g/mol. The first-order valence-electron chi connectivity index (χ1n) is 9.27. The Morgan fingerprint density at radius 2 is 1.83 bits per heavy atom. The number of carbonyl (C=O) groups is 2. The number of hydrogen-bond acceptors (Lipinski definition) is 5. The zero-order valence-corrected chi connectivity index (χ0v) is 17.4. The maximum atomic E-state index is 13.0. The van der Waals surface area contributed by atoms with Crippen LogP contribution in [0.1, 0.15) is 36.7 Å². The lowest BCUT2D eigenvalue weighted by Crippen LogP contribution is -2.23. The van der Waals surface area contributed by atoms with Crippen molar-refractivity contribution in [2.24, 2.45) is 0 Å². The smallest absolute Gasteiger partial charge is 0.255 e. The van der Waals surface area contributed by atoms with Crippen molar-refractivity contribution in [1.29, 1.82) is 0 Å². The van der Waals surface area contributed by atoms with Crippen molar-refractivity contribution in [3.05, 3.63) is 86.2 Å². The predicted molar refractivity (Wildman–Crippen MR) is 118 cm³/mol. The van der Waals surface area contributed by atoms with Gasteiger partial charge < -0.3 is 10.1 Å². The molecule has 2 heterocycles. The Morgan fingerprint density at radius 3 is 2.62 bits per heavy atom. The first-order chi connectivity index (χ1) is 14.2. The number of fused-ring (bicyclic) bond motifs is 1. The lowest BCUT2D eigenvalue weighted by molar-refractivity contribution is 0.0948. The molecule has 6 heteroatoms. The second-order valence-electron chi connectivity index (χ2n) is 6.35. The summed E-state index contributed by atoms with van der Waals surface area (Å²) >= 11 is 2.84. The van der Waals surface area contributed by atoms with Gasteiger partial charge in [0.1, 0.15) is 5.75 Å². The van der Waals surface area contributed by atoms with Gasteiger partial charge in [-0.25, -0.2) is 0 Å². The van der Waals surface area contributed by atoms with E-state index in [-0.39, 0.29) is 11.7 Å². The number of ether oxygens (including phenoxy) is 1. The molecule has 4 nitrogen and oxygen atoms in total. The Bertz CT molecular complexity index is 1160. The number of rotatable bonds is 7. The van der Waals surface area contributed by atoms with Gasteiger partial charge in [-0.1, -0.05) is 36.4 Å². The second kappa shape index (κ2) is 8.59. The van der Waals surface area contributed by atoms with Crippen molar-refractivity contribution in [3.63, 3.8) is 0 Å². The number of hydrogen-bond donors (Lipinski definition) is 1. The van der Waals surface area contributed by atoms with E-state index in [9.17, 15) is 9.59 Å². The molecule has 0 radical (unpaired) electrons. The van der Waals surface area contributed by atoms with Crippen molar-refractivity contribution in [1.82, 2.24) is 5.32 Å². The largest absolute Gasteiger partial charge is 0.493 e. The number of ketones is 1. The molecule has 0 bridgehead atoms. The van der Waals surface area contributed by atoms with Crippen LogP contribution in [-0.4, -0.2) is 18.3 Å². The average Bonchev–Trinajstić information content (AvgIpc) is 3.44. The quantitative estimate of drug-likeness (QED) is 0.400. The van der Waals surface area contributed by atoms with E-state index in [0.717, 1.165) is 20.5 Å². The lowest BCUT2D eigenvalue weighted by atomic mass is 10.0. The van der Waals surface area contributed by atoms with Gasteiger partial charge in [-0.2, -0.15) is 0 Å². The van der Waals surface area contributed by atoms with Crippen LogP contribution in [0.2, 0.25) is 0 Å². The van der Waals surface area contributed by atoms with E-state index < -0.39 is 0 Å². The molecule has 146 valence electrons. The zero-order chi connectivity index (χ0) is 20.2. The van der Waals surface area contributed by atoms with Crippen LogP contribution >= 0.6 is 22.7 Å². The molecule has 0 saturated carbocycles. The molecule has 1 amide bonds. The number of benzene rings is 2. The minimum Gasteiger partial charge on any atom is -0.493 e. The summed E-state index contributed by atoms with van der Waals surface area (Å²) in [5, 5.41) is 6.71. The normalized spacial score (nSPS) is 10.8. The van der Waals surface area contributed by atoms with Crippen LogP contribution in [0.3, 0.4) is 0 Å². The first kappa shape index (κ1) is 19.4. The third-order valence-electron chi connectivity index (χ3n) is 4.47. The van der Waals surface area contributed by atoms with Crippen LogP contribution in [0.25, 0.3) is 10.8 Å². The molecule has 2 aromatic heterocycles. The highest BCUT2D eigenvalue weighted by atomic mass is 32.1. The van der Waals surface area contributed by atoms with Crippen LogP contribution in [0, 0.1) is 0 Å². The SMILES string of the molecule is CCOc1ccc2ccccc2c1C(=O)NCc1ccc(C(=O)c2cccs2)s1. The summed E-state index contributed by atoms with van der Waals surface area (Å²) in [5.74, 6) is 0.406. The summed E-state index contributed by atoms with van der Waals surface area (Å²) in [4.78, 5) is 27.8. The summed E-state index contributed by atoms with van der Waals surface area (Å²) in [5.41, 5.74) is 0.538. The fourth-order valence-electron chi connectivity index (χ4n) is 3.14. The predicted octanol–water partition coefficient (Wildman–Crippen LogP) is 5.52. The van der Waals surface area contributed by atoms with Crippen LogP contribution < -0.4 is 10.1 Å². The number of thiophene rings is 2. The first-order valence-corrected chi connectivity index (χ1v) is 11.0. The monoisotopic (exact) mass is 421 g/mol. The molecule has 0 spiro atoms. The van der Waals surface area contributed by atoms with Crippen molar-refractivity contribution in [2.45, 2.75) is 13.5 Å². The number of carbonyl (C=O) groups excluding carboxylic acids is 2. The average molecular weight is 422 g/mol. The fourth-order valence-corrected chi connectivity index (χ4v) is 4.79. The summed E-state index contributed by atoms with van der Waals surface area (Å²) in [6, 6.07) is 19.0. The fraction of sp³-hybridized carbons (Fsp3) is 0.130. The van der Waals surface area contributed by atoms with Crippen molar-refractivity contribution in [3.8, 4) is 5.75 Å². The van der Waals surface area contributed by atoms with Crippen molar-refractivity contribution < 1.29 is 14.3 Å². The molecule has 1 N–H and O–H groups in total. The van der Waals surface area contributed by atoms with Gasteiger partial charge in [-0.15, -0.1) is 22.7 Å². The highest BCUT2D eigenvalue weighted by molar-refractivity contribution is 7.16. The zero-order valence-electron chi connectivity index (χ0n) is 15.8. The molecule has 0 saturated heterocycles. The topological polar surface area (TPSA) is 55.4 Å². The molecule has 2 aromatic carbocycles. The number of amides is 1. The Kier molecular flexibility index (Phi) is 5.74. The van der Waals surface area contributed by atoms with Gasteiger partial charge in [0.2, 0.25) is 5.78 Å². The van der Waals surface area contributed by atoms with Gasteiger partial charge in [0, 0.05) is 4.88 Å². The highest BCUT2D eigenvalue weighted by Crippen LogP contribution is 2.28. The summed E-state index contributed by atoms with van der Waals surface area (Å²) in [6.07, 6.45) is 0. The van der Waals surface area contributed by atoms with Crippen LogP contribution in [0.4, 0.5) is 0 Å². The van der Waals surface area contributed by atoms with Gasteiger partial charge >= 0.3 is 0 Å². The number of nitrogens with one attached hydrogen (secondary N) is 1. The van der Waals surface area contributed by atoms with E-state index in [1.54, 1.807) is 0 Å². The van der Waals surface area contributed by atoms with E-state index in [4.69, 9.17) is 4.74 Å². The Balaban J connectivity index is 1.53. The van der Waals surface area contributed by atoms with Gasteiger partial charge in [-0.3, -0.25) is 9.59 Å². The van der Waals surface area contributed by atoms with E-state index in [1.165, 1.54) is 22.7 Å². The molecule has 0 atom stereocenters. The lowest BCUT2D eigenvalue weighted by Gasteiger charge is -2.13. The molecule has 4 aromatic rings. The molecule has 0 fully saturated rings. The van der Waals surface area contributed by atoms with Gasteiger partial charge in [0.15, 0.2) is 0 Å². The van der Waals surface area contributed by atoms with Crippen LogP contribution in [0.15, 0.2) is 66.0 Å². The van der Waals surface area contributed by atoms with E-state index in [2.05, 4.69) is 5.32 Å². The Morgan fingerprint density at radius 1 is 0.966 bits per heavy atom. The maximum absolute atomic E-state index is 13.0. The molecule has 0 aliphatic carbocycles. The second-order valence-corrected chi connectivity index (χ2v) is 8.46. The third kappa shape index (κ3) is 4.09. The van der Waals surface area contributed by atoms with Gasteiger partial charge in [0.05, 0.1) is 28.5 Å². The van der Waals surface area contributed by atoms with E-state index in [0.29, 0.717) is 29.3 Å². The molecular formula is C23H19NO3S2.